The van der Waals surface area contributed by atoms with Gasteiger partial charge in [-0.3, -0.25) is 0 Å². The smallest absolute Gasteiger partial charge is 0.333 e. The number of nitrogens with one attached hydrogen (secondary N) is 2. The Balaban J connectivity index is 1.53. The van der Waals surface area contributed by atoms with Crippen molar-refractivity contribution in [3.63, 3.8) is 0 Å². The van der Waals surface area contributed by atoms with Crippen molar-refractivity contribution >= 4 is 21.7 Å². The zero-order chi connectivity index (χ0) is 19.9. The second-order valence-electron chi connectivity index (χ2n) is 7.39. The van der Waals surface area contributed by atoms with Crippen molar-refractivity contribution in [3.8, 4) is 0 Å². The Hall–Kier alpha value is -2.46. The molecular weight excluding hydrogens is 382 g/mol. The van der Waals surface area contributed by atoms with Crippen molar-refractivity contribution in [2.45, 2.75) is 63.3 Å². The number of urea groups is 1. The summed E-state index contributed by atoms with van der Waals surface area (Å²) in [4.78, 5) is 16.2. The molecule has 3 N–H and O–H groups in total. The molecule has 1 aromatic heterocycles. The van der Waals surface area contributed by atoms with Crippen molar-refractivity contribution in [1.29, 1.82) is 0 Å². The number of benzene rings is 1. The number of fused-ring (bicyclic) bond motifs is 2. The quantitative estimate of drug-likeness (QED) is 0.685. The van der Waals surface area contributed by atoms with Gasteiger partial charge in [-0.25, -0.2) is 19.2 Å². The van der Waals surface area contributed by atoms with Crippen molar-refractivity contribution in [3.05, 3.63) is 34.6 Å². The lowest BCUT2D eigenvalue weighted by atomic mass is 9.99. The second-order valence-corrected chi connectivity index (χ2v) is 8.97. The van der Waals surface area contributed by atoms with Crippen molar-refractivity contribution in [2.75, 3.05) is 5.32 Å². The minimum absolute atomic E-state index is 0.108. The Kier molecular flexibility index (Phi) is 4.84. The Labute approximate surface area is 163 Å². The van der Waals surface area contributed by atoms with E-state index >= 15 is 0 Å². The highest BCUT2D eigenvalue weighted by Gasteiger charge is 2.27. The molecule has 1 heterocycles. The molecule has 0 aliphatic heterocycles. The van der Waals surface area contributed by atoms with Crippen LogP contribution in [0, 0.1) is 0 Å². The number of aryl methyl sites for hydroxylation is 2. The van der Waals surface area contributed by atoms with Gasteiger partial charge in [-0.2, -0.15) is 8.42 Å². The highest BCUT2D eigenvalue weighted by molar-refractivity contribution is 7.89. The number of anilines is 1. The first kappa shape index (κ1) is 18.9. The molecule has 1 aromatic carbocycles. The van der Waals surface area contributed by atoms with E-state index in [1.165, 1.54) is 22.1 Å². The van der Waals surface area contributed by atoms with Gasteiger partial charge in [-0.1, -0.05) is 6.07 Å². The molecule has 9 nitrogen and oxygen atoms in total. The number of nitrogens with zero attached hydrogens (tertiary/aromatic N) is 3. The third-order valence-electron chi connectivity index (χ3n) is 5.15. The molecule has 10 heteroatoms. The number of aliphatic hydroxyl groups is 1. The molecule has 28 heavy (non-hydrogen) atoms. The van der Waals surface area contributed by atoms with Crippen LogP contribution in [0.15, 0.2) is 17.6 Å². The molecule has 0 saturated heterocycles. The lowest BCUT2D eigenvalue weighted by Crippen LogP contribution is -2.35. The molecular formula is C18H23N5O4S. The van der Waals surface area contributed by atoms with E-state index in [9.17, 15) is 18.3 Å². The van der Waals surface area contributed by atoms with Gasteiger partial charge in [0.15, 0.2) is 0 Å². The third-order valence-corrected chi connectivity index (χ3v) is 6.27. The van der Waals surface area contributed by atoms with Crippen molar-refractivity contribution in [1.82, 2.24) is 19.5 Å². The summed E-state index contributed by atoms with van der Waals surface area (Å²) in [7, 11) is -4.21. The average Bonchev–Trinajstić information content (AvgIpc) is 3.32. The Bertz CT molecular complexity index is 997. The summed E-state index contributed by atoms with van der Waals surface area (Å²) < 4.78 is 28.1. The van der Waals surface area contributed by atoms with Crippen LogP contribution < -0.4 is 10.0 Å². The highest BCUT2D eigenvalue weighted by Crippen LogP contribution is 2.38. The maximum Gasteiger partial charge on any atom is 0.333 e. The molecule has 0 spiro atoms. The molecule has 0 fully saturated rings. The lowest BCUT2D eigenvalue weighted by Gasteiger charge is -2.16. The lowest BCUT2D eigenvalue weighted by molar-refractivity contribution is 0.168. The van der Waals surface area contributed by atoms with E-state index in [1.54, 1.807) is 6.92 Å². The Morgan fingerprint density at radius 3 is 2.46 bits per heavy atom. The van der Waals surface area contributed by atoms with Crippen LogP contribution in [-0.2, 0) is 42.3 Å². The fraction of sp³-hybridized carbons (Fsp3) is 0.500. The SMILES string of the molecule is CC(O)Cn1cnc(S(=O)(=O)NC(=O)Nc2c3c(cc4c2CCC4)CCC3)n1. The molecule has 1 atom stereocenters. The van der Waals surface area contributed by atoms with Crippen LogP contribution in [0.2, 0.25) is 0 Å². The zero-order valence-corrected chi connectivity index (χ0v) is 16.4. The van der Waals surface area contributed by atoms with E-state index in [2.05, 4.69) is 21.5 Å². The van der Waals surface area contributed by atoms with Crippen LogP contribution in [0.1, 0.15) is 42.0 Å². The fourth-order valence-electron chi connectivity index (χ4n) is 4.03. The number of amides is 2. The minimum atomic E-state index is -4.21. The maximum absolute atomic E-state index is 12.5. The van der Waals surface area contributed by atoms with Gasteiger partial charge in [0.25, 0.3) is 5.16 Å². The largest absolute Gasteiger partial charge is 0.391 e. The fourth-order valence-corrected chi connectivity index (χ4v) is 4.82. The van der Waals surface area contributed by atoms with Gasteiger partial charge in [0, 0.05) is 5.69 Å². The average molecular weight is 405 g/mol. The molecule has 2 aliphatic rings. The van der Waals surface area contributed by atoms with Crippen LogP contribution in [0.5, 0.6) is 0 Å². The van der Waals surface area contributed by atoms with Gasteiger partial charge < -0.3 is 10.4 Å². The van der Waals surface area contributed by atoms with Crippen LogP contribution in [0.25, 0.3) is 0 Å². The Morgan fingerprint density at radius 1 is 1.21 bits per heavy atom. The van der Waals surface area contributed by atoms with E-state index < -0.39 is 27.3 Å². The number of sulfonamides is 1. The van der Waals surface area contributed by atoms with Gasteiger partial charge in [0.2, 0.25) is 0 Å². The van der Waals surface area contributed by atoms with Crippen LogP contribution >= 0.6 is 0 Å². The molecule has 2 aliphatic carbocycles. The molecule has 4 rings (SSSR count). The number of rotatable bonds is 5. The molecule has 0 saturated carbocycles. The standard InChI is InChI=1S/C18H23N5O4S/c1-11(24)9-23-10-19-18(21-23)28(26,27)22-17(25)20-16-14-6-2-4-12(14)8-13-5-3-7-15(13)16/h8,10-11,24H,2-7,9H2,1H3,(H2,20,22,25). The van der Waals surface area contributed by atoms with E-state index in [0.29, 0.717) is 0 Å². The highest BCUT2D eigenvalue weighted by atomic mass is 32.2. The first-order valence-corrected chi connectivity index (χ1v) is 10.9. The predicted molar refractivity (Wildman–Crippen MR) is 102 cm³/mol. The predicted octanol–water partition coefficient (Wildman–Crippen LogP) is 1.15. The molecule has 2 aromatic rings. The number of carbonyl (C=O) groups is 1. The van der Waals surface area contributed by atoms with Gasteiger partial charge in [0.05, 0.1) is 12.6 Å². The van der Waals surface area contributed by atoms with Gasteiger partial charge in [-0.05, 0) is 67.7 Å². The molecule has 150 valence electrons. The second kappa shape index (κ2) is 7.17. The number of hydrogen-bond donors (Lipinski definition) is 3. The molecule has 2 amide bonds. The monoisotopic (exact) mass is 405 g/mol. The summed E-state index contributed by atoms with van der Waals surface area (Å²) >= 11 is 0. The van der Waals surface area contributed by atoms with E-state index in [1.807, 2.05) is 4.72 Å². The van der Waals surface area contributed by atoms with Crippen LogP contribution in [0.3, 0.4) is 0 Å². The number of aliphatic hydroxyl groups excluding tert-OH is 1. The topological polar surface area (TPSA) is 126 Å². The Morgan fingerprint density at radius 2 is 1.86 bits per heavy atom. The summed E-state index contributed by atoms with van der Waals surface area (Å²) in [6.45, 7) is 1.66. The summed E-state index contributed by atoms with van der Waals surface area (Å²) in [6.07, 6.45) is 6.33. The van der Waals surface area contributed by atoms with Crippen LogP contribution in [-0.4, -0.2) is 40.4 Å². The van der Waals surface area contributed by atoms with Crippen LogP contribution in [0.4, 0.5) is 10.5 Å². The molecule has 0 radical (unpaired) electrons. The number of aromatic nitrogens is 3. The summed E-state index contributed by atoms with van der Waals surface area (Å²) in [6, 6.07) is 1.42. The molecule has 0 bridgehead atoms. The zero-order valence-electron chi connectivity index (χ0n) is 15.6. The van der Waals surface area contributed by atoms with Crippen molar-refractivity contribution in [2.24, 2.45) is 0 Å². The van der Waals surface area contributed by atoms with Gasteiger partial charge in [-0.15, -0.1) is 5.10 Å². The first-order chi connectivity index (χ1) is 13.3. The number of hydrogen-bond acceptors (Lipinski definition) is 6. The van der Waals surface area contributed by atoms with Gasteiger partial charge >= 0.3 is 16.1 Å². The summed E-state index contributed by atoms with van der Waals surface area (Å²) in [5.74, 6) is 0. The summed E-state index contributed by atoms with van der Waals surface area (Å²) in [5.41, 5.74) is 5.50. The first-order valence-electron chi connectivity index (χ1n) is 9.41. The third kappa shape index (κ3) is 3.61. The van der Waals surface area contributed by atoms with Gasteiger partial charge in [0.1, 0.15) is 6.33 Å². The minimum Gasteiger partial charge on any atom is -0.391 e. The van der Waals surface area contributed by atoms with E-state index in [0.717, 1.165) is 55.3 Å². The van der Waals surface area contributed by atoms with Crippen molar-refractivity contribution < 1.29 is 18.3 Å². The number of carbonyl (C=O) groups excluding carboxylic acids is 1. The summed E-state index contributed by atoms with van der Waals surface area (Å²) in [5, 5.41) is 15.4. The maximum atomic E-state index is 12.5. The normalized spacial score (nSPS) is 16.5. The van der Waals surface area contributed by atoms with E-state index in [-0.39, 0.29) is 6.54 Å². The van der Waals surface area contributed by atoms with E-state index in [4.69, 9.17) is 0 Å². The molecule has 1 unspecified atom stereocenters.